The van der Waals surface area contributed by atoms with Crippen LogP contribution in [0.3, 0.4) is 0 Å². The fraction of sp³-hybridized carbons (Fsp3) is 0.0526. The Balaban J connectivity index is 0.588. The van der Waals surface area contributed by atoms with Gasteiger partial charge in [-0.2, -0.15) is 0 Å². The highest BCUT2D eigenvalue weighted by molar-refractivity contribution is 6.36. The summed E-state index contributed by atoms with van der Waals surface area (Å²) in [6.07, 6.45) is 0. The largest absolute Gasteiger partial charge is 0.455 e. The number of rotatable bonds is 7. The predicted molar refractivity (Wildman–Crippen MR) is 494 cm³/mol. The summed E-state index contributed by atoms with van der Waals surface area (Å²) in [5.41, 5.74) is 33.3. The monoisotopic (exact) mass is 1500 g/mol. The molecule has 4 heterocycles. The van der Waals surface area contributed by atoms with Crippen LogP contribution in [0.5, 0.6) is 0 Å². The standard InChI is InChI=1S/C114H70O4/c1-113(2)93-54-46-71(57-90(93)75-48-40-68(59-95(75)113)70-44-53-89-100(62-70)118-111-83-32-16-15-31-80(83)105-86-35-19-21-37-97(86)116-112(105)108(89)111)103-78-29-13-11-27-76(78)101(63-23-7-5-8-24-63)91-55-65(41-50-81(91)103)66-42-51-82-92(56-66)102(64-25-9-6-10-26-64)77-28-12-14-30-79(77)104(82)72-45-49-74-73-47-39-67(58-94(73)114(3,4)96(74)60-72)69-43-52-88-99(61-69)117-110-85-34-18-17-33-84(85)109-106(107(88)110)87-36-20-22-38-98(87)115-109/h5-62H,1-4H3. The lowest BCUT2D eigenvalue weighted by molar-refractivity contribution is 0.660. The van der Waals surface area contributed by atoms with Gasteiger partial charge in [0.05, 0.1) is 5.39 Å². The van der Waals surface area contributed by atoms with Crippen molar-refractivity contribution in [1.82, 2.24) is 0 Å². The number of hydrogen-bond acceptors (Lipinski definition) is 4. The SMILES string of the molecule is CC1(C)c2ccc(-c3c4ccccc4c(-c4ccccc4)c4cc(-c5ccc6c(-c7ccc8c(c7)C(C)(C)c7cc(-c9ccc%10c(c9)oc9c%11ccccc%11c%11oc%12ccccc%12c%11c%109)ccc7-8)c7ccccc7c(-c7ccccc7)c6c5)ccc34)cc2-c2ccc(-c3ccc4c(c3)oc3c5ccccc5c5c6ccccc6oc5c43)cc21. The van der Waals surface area contributed by atoms with Gasteiger partial charge < -0.3 is 17.7 Å². The summed E-state index contributed by atoms with van der Waals surface area (Å²) < 4.78 is 27.3. The van der Waals surface area contributed by atoms with Crippen molar-refractivity contribution >= 4 is 152 Å². The molecule has 2 aliphatic carbocycles. The van der Waals surface area contributed by atoms with E-state index in [2.05, 4.69) is 367 Å². The minimum absolute atomic E-state index is 0.269. The lowest BCUT2D eigenvalue weighted by atomic mass is 9.79. The zero-order valence-electron chi connectivity index (χ0n) is 65.1. The molecule has 2 aliphatic rings. The van der Waals surface area contributed by atoms with Gasteiger partial charge in [0.1, 0.15) is 44.7 Å². The second kappa shape index (κ2) is 23.9. The molecule has 550 valence electrons. The summed E-state index contributed by atoms with van der Waals surface area (Å²) in [5, 5.41) is 22.8. The van der Waals surface area contributed by atoms with Crippen molar-refractivity contribution in [2.24, 2.45) is 0 Å². The maximum absolute atomic E-state index is 6.99. The first-order valence-electron chi connectivity index (χ1n) is 41.1. The predicted octanol–water partition coefficient (Wildman–Crippen LogP) is 32.5. The van der Waals surface area contributed by atoms with E-state index in [4.69, 9.17) is 17.7 Å². The zero-order chi connectivity index (χ0) is 77.7. The third kappa shape index (κ3) is 9.03. The molecule has 118 heavy (non-hydrogen) atoms. The Labute approximate surface area is 678 Å². The van der Waals surface area contributed by atoms with Crippen molar-refractivity contribution in [2.75, 3.05) is 0 Å². The van der Waals surface area contributed by atoms with Gasteiger partial charge in [0.2, 0.25) is 0 Å². The van der Waals surface area contributed by atoms with Crippen LogP contribution in [-0.4, -0.2) is 0 Å². The number of hydrogen-bond donors (Lipinski definition) is 0. The maximum atomic E-state index is 6.99. The summed E-state index contributed by atoms with van der Waals surface area (Å²) in [5.74, 6) is 0. The minimum atomic E-state index is -0.316. The van der Waals surface area contributed by atoms with Gasteiger partial charge >= 0.3 is 0 Å². The van der Waals surface area contributed by atoms with Crippen LogP contribution in [0.2, 0.25) is 0 Å². The second-order valence-electron chi connectivity index (χ2n) is 33.9. The second-order valence-corrected chi connectivity index (χ2v) is 33.9. The highest BCUT2D eigenvalue weighted by Crippen LogP contribution is 2.57. The fourth-order valence-electron chi connectivity index (χ4n) is 21.5. The Morgan fingerprint density at radius 3 is 0.958 bits per heavy atom. The van der Waals surface area contributed by atoms with E-state index in [1.807, 2.05) is 12.1 Å². The molecular formula is C114H70O4. The Bertz CT molecular complexity index is 8610. The van der Waals surface area contributed by atoms with Crippen LogP contribution in [0.4, 0.5) is 0 Å². The topological polar surface area (TPSA) is 52.6 Å². The molecule has 0 saturated heterocycles. The number of fused-ring (bicyclic) bond motifs is 30. The molecule has 0 N–H and O–H groups in total. The van der Waals surface area contributed by atoms with Crippen molar-refractivity contribution in [3.63, 3.8) is 0 Å². The summed E-state index contributed by atoms with van der Waals surface area (Å²) in [6, 6.07) is 131. The van der Waals surface area contributed by atoms with Crippen molar-refractivity contribution < 1.29 is 17.7 Å². The molecule has 4 aromatic heterocycles. The number of benzene rings is 20. The molecule has 0 aliphatic heterocycles. The first kappa shape index (κ1) is 65.5. The molecule has 0 unspecified atom stereocenters. The van der Waals surface area contributed by atoms with Crippen LogP contribution < -0.4 is 0 Å². The number of furan rings is 4. The average Bonchev–Trinajstić information content (AvgIpc) is 1.44. The fourth-order valence-corrected chi connectivity index (χ4v) is 21.5. The smallest absolute Gasteiger partial charge is 0.147 e. The van der Waals surface area contributed by atoms with Crippen LogP contribution >= 0.6 is 0 Å². The van der Waals surface area contributed by atoms with Gasteiger partial charge in [0, 0.05) is 64.7 Å². The highest BCUT2D eigenvalue weighted by atomic mass is 16.4. The van der Waals surface area contributed by atoms with E-state index in [0.29, 0.717) is 0 Å². The van der Waals surface area contributed by atoms with E-state index in [9.17, 15) is 0 Å². The van der Waals surface area contributed by atoms with Gasteiger partial charge in [-0.3, -0.25) is 0 Å². The molecule has 0 bridgehead atoms. The molecule has 24 aromatic rings. The molecular weight excluding hydrogens is 1430 g/mol. The summed E-state index contributed by atoms with van der Waals surface area (Å²) >= 11 is 0. The first-order chi connectivity index (χ1) is 58.0. The first-order valence-corrected chi connectivity index (χ1v) is 41.1. The van der Waals surface area contributed by atoms with Crippen LogP contribution in [0.1, 0.15) is 49.9 Å². The van der Waals surface area contributed by atoms with Crippen molar-refractivity contribution in [1.29, 1.82) is 0 Å². The molecule has 26 rings (SSSR count). The summed E-state index contributed by atoms with van der Waals surface area (Å²) in [7, 11) is 0. The highest BCUT2D eigenvalue weighted by Gasteiger charge is 2.39. The van der Waals surface area contributed by atoms with Gasteiger partial charge in [-0.15, -0.1) is 0 Å². The van der Waals surface area contributed by atoms with Gasteiger partial charge in [0.15, 0.2) is 0 Å². The lowest BCUT2D eigenvalue weighted by Crippen LogP contribution is -2.15. The molecule has 0 spiro atoms. The lowest BCUT2D eigenvalue weighted by Gasteiger charge is -2.24. The summed E-state index contributed by atoms with van der Waals surface area (Å²) in [4.78, 5) is 0. The average molecular weight is 1500 g/mol. The Morgan fingerprint density at radius 2 is 0.458 bits per heavy atom. The quantitative estimate of drug-likeness (QED) is 0.149. The number of para-hydroxylation sites is 2. The van der Waals surface area contributed by atoms with E-state index in [1.54, 1.807) is 0 Å². The van der Waals surface area contributed by atoms with E-state index in [1.165, 1.54) is 132 Å². The minimum Gasteiger partial charge on any atom is -0.455 e. The van der Waals surface area contributed by atoms with Gasteiger partial charge in [-0.25, -0.2) is 0 Å². The molecule has 0 saturated carbocycles. The van der Waals surface area contributed by atoms with Gasteiger partial charge in [-0.1, -0.05) is 307 Å². The van der Waals surface area contributed by atoms with Crippen molar-refractivity contribution in [3.05, 3.63) is 374 Å². The normalized spacial score (nSPS) is 13.6. The third-order valence-electron chi connectivity index (χ3n) is 27.0. The molecule has 4 nitrogen and oxygen atoms in total. The zero-order valence-corrected chi connectivity index (χ0v) is 65.1. The van der Waals surface area contributed by atoms with E-state index < -0.39 is 0 Å². The molecule has 0 atom stereocenters. The van der Waals surface area contributed by atoms with E-state index in [0.717, 1.165) is 143 Å². The Kier molecular flexibility index (Phi) is 13.3. The van der Waals surface area contributed by atoms with Crippen LogP contribution in [-0.2, 0) is 10.8 Å². The van der Waals surface area contributed by atoms with E-state index in [-0.39, 0.29) is 10.8 Å². The molecule has 0 fully saturated rings. The molecule has 20 aromatic carbocycles. The summed E-state index contributed by atoms with van der Waals surface area (Å²) in [6.45, 7) is 9.60. The molecule has 4 heteroatoms. The third-order valence-corrected chi connectivity index (χ3v) is 27.0. The Morgan fingerprint density at radius 1 is 0.161 bits per heavy atom. The Hall–Kier alpha value is -14.8. The van der Waals surface area contributed by atoms with Crippen LogP contribution in [0.15, 0.2) is 370 Å². The van der Waals surface area contributed by atoms with Gasteiger partial charge in [-0.05, 0) is 244 Å². The maximum Gasteiger partial charge on any atom is 0.147 e. The van der Waals surface area contributed by atoms with Crippen LogP contribution in [0.25, 0.3) is 253 Å². The van der Waals surface area contributed by atoms with Crippen LogP contribution in [0, 0.1) is 0 Å². The van der Waals surface area contributed by atoms with Gasteiger partial charge in [0.25, 0.3) is 0 Å². The molecule has 0 radical (unpaired) electrons. The van der Waals surface area contributed by atoms with Crippen molar-refractivity contribution in [3.8, 4) is 100 Å². The van der Waals surface area contributed by atoms with E-state index >= 15 is 0 Å². The molecule has 0 amide bonds. The van der Waals surface area contributed by atoms with Crippen molar-refractivity contribution in [2.45, 2.75) is 38.5 Å².